The molecule has 0 aliphatic carbocycles. The van der Waals surface area contributed by atoms with Crippen LogP contribution in [0.5, 0.6) is 0 Å². The molecule has 0 bridgehead atoms. The van der Waals surface area contributed by atoms with E-state index in [1.807, 2.05) is 31.2 Å². The Morgan fingerprint density at radius 3 is 2.87 bits per heavy atom. The maximum atomic E-state index is 12.1. The summed E-state index contributed by atoms with van der Waals surface area (Å²) in [7, 11) is 1.57. The molecule has 7 heteroatoms. The molecule has 1 amide bonds. The summed E-state index contributed by atoms with van der Waals surface area (Å²) in [5.74, 6) is 0.276. The van der Waals surface area contributed by atoms with Gasteiger partial charge in [-0.2, -0.15) is 0 Å². The molecular formula is C16H20N4O3. The Labute approximate surface area is 134 Å². The molecule has 0 spiro atoms. The van der Waals surface area contributed by atoms with Gasteiger partial charge >= 0.3 is 0 Å². The Kier molecular flexibility index (Phi) is 5.99. The number of aromatic nitrogens is 3. The molecule has 0 fully saturated rings. The van der Waals surface area contributed by atoms with Gasteiger partial charge in [-0.05, 0) is 13.0 Å². The highest BCUT2D eigenvalue weighted by molar-refractivity contribution is 5.76. The van der Waals surface area contributed by atoms with E-state index in [1.165, 1.54) is 0 Å². The Balaban J connectivity index is 2.00. The Bertz CT molecular complexity index is 727. The highest BCUT2D eigenvalue weighted by atomic mass is 16.5. The molecule has 1 aromatic carbocycles. The molecule has 0 unspecified atom stereocenters. The first-order valence-corrected chi connectivity index (χ1v) is 7.38. The normalized spacial score (nSPS) is 10.5. The molecule has 2 rings (SSSR count). The van der Waals surface area contributed by atoms with Crippen LogP contribution in [0.4, 0.5) is 0 Å². The number of aromatic amines is 1. The van der Waals surface area contributed by atoms with Crippen molar-refractivity contribution in [1.29, 1.82) is 0 Å². The molecule has 1 aromatic heterocycles. The molecule has 1 heterocycles. The molecule has 0 radical (unpaired) electrons. The average Bonchev–Trinajstić information content (AvgIpc) is 2.54. The highest BCUT2D eigenvalue weighted by Crippen LogP contribution is 2.13. The molecule has 7 nitrogen and oxygen atoms in total. The van der Waals surface area contributed by atoms with Gasteiger partial charge in [0.1, 0.15) is 5.69 Å². The van der Waals surface area contributed by atoms with Crippen LogP contribution >= 0.6 is 0 Å². The SMILES string of the molecule is COCCNC(=O)CCc1nnc(-c2cccc(C)c2)[nH]c1=O. The number of aryl methyl sites for hydroxylation is 2. The minimum absolute atomic E-state index is 0.147. The van der Waals surface area contributed by atoms with Crippen molar-refractivity contribution in [1.82, 2.24) is 20.5 Å². The first kappa shape index (κ1) is 16.8. The van der Waals surface area contributed by atoms with Crippen LogP contribution in [0.2, 0.25) is 0 Å². The molecule has 122 valence electrons. The van der Waals surface area contributed by atoms with E-state index < -0.39 is 0 Å². The smallest absolute Gasteiger partial charge is 0.273 e. The maximum Gasteiger partial charge on any atom is 0.273 e. The van der Waals surface area contributed by atoms with Crippen molar-refractivity contribution in [2.24, 2.45) is 0 Å². The summed E-state index contributed by atoms with van der Waals surface area (Å²) < 4.78 is 4.85. The lowest BCUT2D eigenvalue weighted by molar-refractivity contribution is -0.121. The Hall–Kier alpha value is -2.54. The van der Waals surface area contributed by atoms with Gasteiger partial charge in [-0.3, -0.25) is 9.59 Å². The average molecular weight is 316 g/mol. The first-order valence-electron chi connectivity index (χ1n) is 7.38. The zero-order valence-electron chi connectivity index (χ0n) is 13.3. The summed E-state index contributed by atoms with van der Waals surface area (Å²) in [6.07, 6.45) is 0.431. The maximum absolute atomic E-state index is 12.1. The van der Waals surface area contributed by atoms with Crippen LogP contribution in [0, 0.1) is 6.92 Å². The third-order valence-electron chi connectivity index (χ3n) is 3.27. The standard InChI is InChI=1S/C16H20N4O3/c1-11-4-3-5-12(10-11)15-18-16(22)13(19-20-15)6-7-14(21)17-8-9-23-2/h3-5,10H,6-9H2,1-2H3,(H,17,21)(H,18,20,22). The van der Waals surface area contributed by atoms with Gasteiger partial charge in [-0.15, -0.1) is 10.2 Å². The summed E-state index contributed by atoms with van der Waals surface area (Å²) >= 11 is 0. The van der Waals surface area contributed by atoms with Crippen LogP contribution in [-0.4, -0.2) is 41.3 Å². The third-order valence-corrected chi connectivity index (χ3v) is 3.27. The minimum Gasteiger partial charge on any atom is -0.383 e. The van der Waals surface area contributed by atoms with E-state index in [0.717, 1.165) is 11.1 Å². The summed E-state index contributed by atoms with van der Waals surface area (Å²) in [6, 6.07) is 7.63. The van der Waals surface area contributed by atoms with E-state index in [1.54, 1.807) is 7.11 Å². The molecule has 2 aromatic rings. The summed E-state index contributed by atoms with van der Waals surface area (Å²) in [5.41, 5.74) is 1.81. The molecule has 0 aliphatic rings. The number of rotatable bonds is 7. The first-order chi connectivity index (χ1) is 11.1. The molecule has 0 saturated heterocycles. The van der Waals surface area contributed by atoms with Gasteiger partial charge < -0.3 is 15.0 Å². The van der Waals surface area contributed by atoms with E-state index in [2.05, 4.69) is 20.5 Å². The van der Waals surface area contributed by atoms with Crippen LogP contribution in [0.25, 0.3) is 11.4 Å². The van der Waals surface area contributed by atoms with E-state index in [0.29, 0.717) is 19.0 Å². The fraction of sp³-hybridized carbons (Fsp3) is 0.375. The molecular weight excluding hydrogens is 296 g/mol. The van der Waals surface area contributed by atoms with Crippen molar-refractivity contribution < 1.29 is 9.53 Å². The van der Waals surface area contributed by atoms with E-state index in [9.17, 15) is 9.59 Å². The number of amides is 1. The number of carbonyl (C=O) groups excluding carboxylic acids is 1. The number of ether oxygens (including phenoxy) is 1. The molecule has 0 aliphatic heterocycles. The summed E-state index contributed by atoms with van der Waals surface area (Å²) in [6.45, 7) is 2.87. The predicted molar refractivity (Wildman–Crippen MR) is 86.0 cm³/mol. The third kappa shape index (κ3) is 5.00. The number of nitrogens with one attached hydrogen (secondary N) is 2. The molecule has 0 atom stereocenters. The van der Waals surface area contributed by atoms with Crippen LogP contribution in [0.15, 0.2) is 29.1 Å². The topological polar surface area (TPSA) is 97.0 Å². The van der Waals surface area contributed by atoms with Crippen molar-refractivity contribution in [2.75, 3.05) is 20.3 Å². The van der Waals surface area contributed by atoms with Crippen molar-refractivity contribution in [2.45, 2.75) is 19.8 Å². The second-order valence-corrected chi connectivity index (χ2v) is 5.16. The second kappa shape index (κ2) is 8.19. The minimum atomic E-state index is -0.318. The van der Waals surface area contributed by atoms with Crippen LogP contribution in [-0.2, 0) is 16.0 Å². The van der Waals surface area contributed by atoms with Crippen molar-refractivity contribution >= 4 is 5.91 Å². The monoisotopic (exact) mass is 316 g/mol. The number of H-pyrrole nitrogens is 1. The summed E-state index contributed by atoms with van der Waals surface area (Å²) in [4.78, 5) is 26.4. The Morgan fingerprint density at radius 1 is 1.35 bits per heavy atom. The van der Waals surface area contributed by atoms with E-state index in [-0.39, 0.29) is 30.0 Å². The lowest BCUT2D eigenvalue weighted by Gasteiger charge is -2.05. The second-order valence-electron chi connectivity index (χ2n) is 5.16. The molecule has 23 heavy (non-hydrogen) atoms. The largest absolute Gasteiger partial charge is 0.383 e. The zero-order valence-corrected chi connectivity index (χ0v) is 13.3. The lowest BCUT2D eigenvalue weighted by Crippen LogP contribution is -2.28. The van der Waals surface area contributed by atoms with Crippen molar-refractivity contribution in [3.05, 3.63) is 45.9 Å². The number of benzene rings is 1. The van der Waals surface area contributed by atoms with E-state index >= 15 is 0 Å². The van der Waals surface area contributed by atoms with Crippen LogP contribution in [0.3, 0.4) is 0 Å². The quantitative estimate of drug-likeness (QED) is 0.738. The van der Waals surface area contributed by atoms with Crippen LogP contribution in [0.1, 0.15) is 17.7 Å². The Morgan fingerprint density at radius 2 is 2.17 bits per heavy atom. The van der Waals surface area contributed by atoms with Gasteiger partial charge in [0.25, 0.3) is 5.56 Å². The summed E-state index contributed by atoms with van der Waals surface area (Å²) in [5, 5.41) is 10.7. The number of methoxy groups -OCH3 is 1. The predicted octanol–water partition coefficient (Wildman–Crippen LogP) is 0.836. The van der Waals surface area contributed by atoms with Gasteiger partial charge in [-0.25, -0.2) is 0 Å². The number of hydrogen-bond acceptors (Lipinski definition) is 5. The van der Waals surface area contributed by atoms with Crippen molar-refractivity contribution in [3.8, 4) is 11.4 Å². The fourth-order valence-electron chi connectivity index (χ4n) is 2.06. The van der Waals surface area contributed by atoms with Gasteiger partial charge in [0.2, 0.25) is 5.91 Å². The van der Waals surface area contributed by atoms with Crippen molar-refractivity contribution in [3.63, 3.8) is 0 Å². The zero-order chi connectivity index (χ0) is 16.7. The highest BCUT2D eigenvalue weighted by Gasteiger charge is 2.09. The number of hydrogen-bond donors (Lipinski definition) is 2. The van der Waals surface area contributed by atoms with Gasteiger partial charge in [-0.1, -0.05) is 23.8 Å². The van der Waals surface area contributed by atoms with Gasteiger partial charge in [0.15, 0.2) is 5.82 Å². The lowest BCUT2D eigenvalue weighted by atomic mass is 10.1. The van der Waals surface area contributed by atoms with Gasteiger partial charge in [0.05, 0.1) is 6.61 Å². The van der Waals surface area contributed by atoms with Crippen LogP contribution < -0.4 is 10.9 Å². The number of carbonyl (C=O) groups is 1. The molecule has 0 saturated carbocycles. The number of nitrogens with zero attached hydrogens (tertiary/aromatic N) is 2. The van der Waals surface area contributed by atoms with Gasteiger partial charge in [0, 0.05) is 32.1 Å². The fourth-order valence-corrected chi connectivity index (χ4v) is 2.06. The molecule has 2 N–H and O–H groups in total. The van der Waals surface area contributed by atoms with E-state index in [4.69, 9.17) is 4.74 Å².